The summed E-state index contributed by atoms with van der Waals surface area (Å²) in [5.41, 5.74) is 0.0856. The number of hydrogen-bond acceptors (Lipinski definition) is 6. The van der Waals surface area contributed by atoms with E-state index in [1.165, 1.54) is 48.6 Å². The lowest BCUT2D eigenvalue weighted by molar-refractivity contribution is -0.384. The Bertz CT molecular complexity index is 1420. The average Bonchev–Trinajstić information content (AvgIpc) is 3.39. The van der Waals surface area contributed by atoms with Gasteiger partial charge in [0.25, 0.3) is 11.4 Å². The summed E-state index contributed by atoms with van der Waals surface area (Å²) >= 11 is 0. The van der Waals surface area contributed by atoms with Crippen LogP contribution in [0.15, 0.2) is 60.9 Å². The predicted molar refractivity (Wildman–Crippen MR) is 114 cm³/mol. The van der Waals surface area contributed by atoms with Crippen LogP contribution in [0.2, 0.25) is 0 Å². The maximum absolute atomic E-state index is 13.4. The molecular weight excluding hydrogens is 416 g/mol. The summed E-state index contributed by atoms with van der Waals surface area (Å²) < 4.78 is 0. The Morgan fingerprint density at radius 3 is 1.75 bits per heavy atom. The van der Waals surface area contributed by atoms with Gasteiger partial charge in [0.05, 0.1) is 15.3 Å². The van der Waals surface area contributed by atoms with Gasteiger partial charge >= 0.3 is 0 Å². The Hall–Kier alpha value is -4.60. The van der Waals surface area contributed by atoms with Gasteiger partial charge in [0.1, 0.15) is 0 Å². The molecule has 0 spiro atoms. The number of nitro benzene ring substituents is 2. The summed E-state index contributed by atoms with van der Waals surface area (Å²) in [6.07, 6.45) is 5.31. The van der Waals surface area contributed by atoms with Crippen molar-refractivity contribution in [3.63, 3.8) is 0 Å². The van der Waals surface area contributed by atoms with Crippen LogP contribution in [0.25, 0.3) is 21.8 Å². The number of rotatable bonds is 4. The second-order valence-electron chi connectivity index (χ2n) is 7.62. The van der Waals surface area contributed by atoms with Crippen molar-refractivity contribution in [1.82, 2.24) is 9.97 Å². The number of non-ortho nitro benzene ring substituents is 2. The van der Waals surface area contributed by atoms with Gasteiger partial charge in [0, 0.05) is 64.9 Å². The van der Waals surface area contributed by atoms with Crippen molar-refractivity contribution in [3.8, 4) is 0 Å². The van der Waals surface area contributed by atoms with Crippen LogP contribution in [-0.2, 0) is 15.0 Å². The monoisotopic (exact) mass is 430 g/mol. The maximum Gasteiger partial charge on any atom is 0.270 e. The first kappa shape index (κ1) is 19.4. The second-order valence-corrected chi connectivity index (χ2v) is 7.62. The molecule has 32 heavy (non-hydrogen) atoms. The molecule has 0 saturated carbocycles. The number of aromatic nitrogens is 2. The molecule has 10 nitrogen and oxygen atoms in total. The van der Waals surface area contributed by atoms with Crippen molar-refractivity contribution in [2.45, 2.75) is 11.8 Å². The molecule has 0 aliphatic heterocycles. The number of ketones is 2. The Morgan fingerprint density at radius 2 is 1.28 bits per heavy atom. The van der Waals surface area contributed by atoms with Crippen LogP contribution in [0.5, 0.6) is 0 Å². The lowest BCUT2D eigenvalue weighted by Crippen LogP contribution is -2.40. The topological polar surface area (TPSA) is 152 Å². The van der Waals surface area contributed by atoms with Crippen molar-refractivity contribution in [1.29, 1.82) is 0 Å². The van der Waals surface area contributed by atoms with E-state index in [1.54, 1.807) is 12.4 Å². The van der Waals surface area contributed by atoms with E-state index in [0.717, 1.165) is 0 Å². The molecule has 0 saturated heterocycles. The first-order valence-electron chi connectivity index (χ1n) is 9.58. The zero-order valence-corrected chi connectivity index (χ0v) is 16.3. The summed E-state index contributed by atoms with van der Waals surface area (Å²) in [5, 5.41) is 23.6. The molecule has 2 aromatic heterocycles. The summed E-state index contributed by atoms with van der Waals surface area (Å²) in [4.78, 5) is 53.7. The van der Waals surface area contributed by atoms with E-state index in [1.807, 2.05) is 0 Å². The zero-order chi connectivity index (χ0) is 22.6. The number of nitro groups is 2. The third kappa shape index (κ3) is 2.66. The van der Waals surface area contributed by atoms with E-state index < -0.39 is 21.0 Å². The lowest BCUT2D eigenvalue weighted by Gasteiger charge is -2.32. The Morgan fingerprint density at radius 1 is 0.781 bits per heavy atom. The third-order valence-electron chi connectivity index (χ3n) is 5.95. The molecule has 0 unspecified atom stereocenters. The lowest BCUT2D eigenvalue weighted by atomic mass is 9.66. The summed E-state index contributed by atoms with van der Waals surface area (Å²) in [6, 6.07) is 8.48. The largest absolute Gasteiger partial charge is 0.361 e. The third-order valence-corrected chi connectivity index (χ3v) is 5.95. The molecular formula is C22H14N4O6. The summed E-state index contributed by atoms with van der Waals surface area (Å²) in [7, 11) is 0. The van der Waals surface area contributed by atoms with Gasteiger partial charge in [0.2, 0.25) is 0 Å². The zero-order valence-electron chi connectivity index (χ0n) is 16.3. The predicted octanol–water partition coefficient (Wildman–Crippen LogP) is 3.85. The highest BCUT2D eigenvalue weighted by atomic mass is 16.6. The van der Waals surface area contributed by atoms with E-state index in [-0.39, 0.29) is 23.6 Å². The van der Waals surface area contributed by atoms with Gasteiger partial charge in [-0.1, -0.05) is 0 Å². The van der Waals surface area contributed by atoms with E-state index in [4.69, 9.17) is 0 Å². The van der Waals surface area contributed by atoms with Gasteiger partial charge in [-0.2, -0.15) is 0 Å². The SMILES string of the molecule is O=C1C=CC(=O)C(c2c[nH]c3ccc([N+](=O)[O-])cc23)(c2c[nH]c3ccc([N+](=O)[O-])cc23)C1. The molecule has 0 fully saturated rings. The number of carbonyl (C=O) groups is 2. The van der Waals surface area contributed by atoms with Gasteiger partial charge < -0.3 is 9.97 Å². The number of aromatic amines is 2. The maximum atomic E-state index is 13.4. The molecule has 2 N–H and O–H groups in total. The standard InChI is InChI=1S/C22H14N4O6/c27-14-3-6-21(28)22(9-14,17-10-23-19-4-1-12(25(29)30)7-15(17)19)18-11-24-20-5-2-13(26(31)32)8-16(18)20/h1-8,10-11,23-24H,9H2. The van der Waals surface area contributed by atoms with Crippen LogP contribution in [0.4, 0.5) is 11.4 Å². The van der Waals surface area contributed by atoms with Crippen LogP contribution in [-0.4, -0.2) is 31.4 Å². The minimum atomic E-state index is -1.51. The Kier molecular flexibility index (Phi) is 4.06. The number of fused-ring (bicyclic) bond motifs is 2. The Balaban J connectivity index is 1.87. The molecule has 0 radical (unpaired) electrons. The minimum Gasteiger partial charge on any atom is -0.361 e. The van der Waals surface area contributed by atoms with Crippen LogP contribution >= 0.6 is 0 Å². The van der Waals surface area contributed by atoms with Crippen LogP contribution in [0.1, 0.15) is 17.5 Å². The van der Waals surface area contributed by atoms with Gasteiger partial charge in [0.15, 0.2) is 11.6 Å². The molecule has 5 rings (SSSR count). The van der Waals surface area contributed by atoms with Crippen LogP contribution in [0, 0.1) is 20.2 Å². The van der Waals surface area contributed by atoms with Crippen LogP contribution < -0.4 is 0 Å². The molecule has 1 aliphatic carbocycles. The number of benzene rings is 2. The molecule has 158 valence electrons. The molecule has 4 aromatic rings. The second kappa shape index (κ2) is 6.71. The van der Waals surface area contributed by atoms with Gasteiger partial charge in [-0.3, -0.25) is 29.8 Å². The molecule has 10 heteroatoms. The highest BCUT2D eigenvalue weighted by Crippen LogP contribution is 2.46. The fourth-order valence-corrected chi connectivity index (χ4v) is 4.47. The van der Waals surface area contributed by atoms with Crippen molar-refractivity contribution < 1.29 is 19.4 Å². The van der Waals surface area contributed by atoms with E-state index >= 15 is 0 Å². The number of H-pyrrole nitrogens is 2. The van der Waals surface area contributed by atoms with Gasteiger partial charge in [-0.25, -0.2) is 0 Å². The Labute approximate surface area is 178 Å². The molecule has 0 amide bonds. The van der Waals surface area contributed by atoms with E-state index in [9.17, 15) is 29.8 Å². The number of carbonyl (C=O) groups excluding carboxylic acids is 2. The average molecular weight is 430 g/mol. The normalized spacial score (nSPS) is 15.5. The highest BCUT2D eigenvalue weighted by molar-refractivity contribution is 6.16. The van der Waals surface area contributed by atoms with Crippen molar-refractivity contribution in [3.05, 3.63) is 92.3 Å². The van der Waals surface area contributed by atoms with Gasteiger partial charge in [-0.15, -0.1) is 0 Å². The van der Waals surface area contributed by atoms with E-state index in [2.05, 4.69) is 9.97 Å². The fourth-order valence-electron chi connectivity index (χ4n) is 4.47. The molecule has 2 heterocycles. The van der Waals surface area contributed by atoms with Gasteiger partial charge in [-0.05, 0) is 35.4 Å². The number of hydrogen-bond donors (Lipinski definition) is 2. The highest BCUT2D eigenvalue weighted by Gasteiger charge is 2.47. The minimum absolute atomic E-state index is 0.159. The first-order chi connectivity index (χ1) is 15.3. The van der Waals surface area contributed by atoms with Crippen molar-refractivity contribution in [2.75, 3.05) is 0 Å². The van der Waals surface area contributed by atoms with Crippen molar-refractivity contribution >= 4 is 44.7 Å². The van der Waals surface area contributed by atoms with Crippen LogP contribution in [0.3, 0.4) is 0 Å². The summed E-state index contributed by atoms with van der Waals surface area (Å²) in [5.74, 6) is -0.693. The smallest absolute Gasteiger partial charge is 0.270 e. The fraction of sp³-hybridized carbons (Fsp3) is 0.0909. The van der Waals surface area contributed by atoms with Crippen molar-refractivity contribution in [2.24, 2.45) is 0 Å². The number of nitrogens with one attached hydrogen (secondary N) is 2. The molecule has 1 aliphatic rings. The molecule has 2 aromatic carbocycles. The first-order valence-corrected chi connectivity index (χ1v) is 9.58. The molecule has 0 atom stereocenters. The molecule has 0 bridgehead atoms. The number of nitrogens with zero attached hydrogens (tertiary/aromatic N) is 2. The number of allylic oxidation sites excluding steroid dienone is 2. The van der Waals surface area contributed by atoms with E-state index in [0.29, 0.717) is 32.9 Å². The quantitative estimate of drug-likeness (QED) is 0.370. The summed E-state index contributed by atoms with van der Waals surface area (Å²) in [6.45, 7) is 0.